The first-order valence-corrected chi connectivity index (χ1v) is 5.24. The van der Waals surface area contributed by atoms with Gasteiger partial charge in [-0.2, -0.15) is 0 Å². The maximum atomic E-state index is 11.4. The number of alkyl halides is 1. The molecular formula is C10H5Cl2NO3. The minimum Gasteiger partial charge on any atom is -0.318 e. The van der Waals surface area contributed by atoms with Gasteiger partial charge in [-0.05, 0) is 12.1 Å². The Kier molecular flexibility index (Phi) is 2.69. The number of carbonyl (C=O) groups excluding carboxylic acids is 3. The summed E-state index contributed by atoms with van der Waals surface area (Å²) in [4.78, 5) is 33.8. The van der Waals surface area contributed by atoms with Crippen LogP contribution < -0.4 is 5.32 Å². The summed E-state index contributed by atoms with van der Waals surface area (Å²) in [5.74, 6) is -2.01. The summed E-state index contributed by atoms with van der Waals surface area (Å²) in [6.45, 7) is 0. The van der Waals surface area contributed by atoms with Gasteiger partial charge < -0.3 is 5.32 Å². The van der Waals surface area contributed by atoms with E-state index in [1.165, 1.54) is 12.1 Å². The lowest BCUT2D eigenvalue weighted by atomic mass is 10.1. The molecule has 1 N–H and O–H groups in total. The van der Waals surface area contributed by atoms with Crippen LogP contribution in [0.2, 0.25) is 5.02 Å². The number of anilines is 1. The van der Waals surface area contributed by atoms with Gasteiger partial charge in [0.25, 0.3) is 11.7 Å². The first-order chi connectivity index (χ1) is 7.54. The number of fused-ring (bicyclic) bond motifs is 1. The molecule has 0 bridgehead atoms. The van der Waals surface area contributed by atoms with E-state index in [9.17, 15) is 14.4 Å². The Morgan fingerprint density at radius 3 is 2.62 bits per heavy atom. The van der Waals surface area contributed by atoms with Gasteiger partial charge in [-0.15, -0.1) is 11.6 Å². The molecule has 1 amide bonds. The number of benzene rings is 1. The molecule has 0 aromatic heterocycles. The molecule has 0 radical (unpaired) electrons. The van der Waals surface area contributed by atoms with Crippen molar-refractivity contribution in [3.05, 3.63) is 28.3 Å². The molecule has 0 spiro atoms. The highest BCUT2D eigenvalue weighted by Crippen LogP contribution is 2.30. The van der Waals surface area contributed by atoms with Crippen molar-refractivity contribution in [1.29, 1.82) is 0 Å². The molecular weight excluding hydrogens is 253 g/mol. The molecule has 0 saturated heterocycles. The smallest absolute Gasteiger partial charge is 0.296 e. The van der Waals surface area contributed by atoms with Gasteiger partial charge in [-0.3, -0.25) is 14.4 Å². The molecule has 1 heterocycles. The number of amides is 1. The lowest BCUT2D eigenvalue weighted by Gasteiger charge is -2.03. The van der Waals surface area contributed by atoms with Gasteiger partial charge in [-0.1, -0.05) is 11.6 Å². The van der Waals surface area contributed by atoms with Crippen molar-refractivity contribution in [3.63, 3.8) is 0 Å². The number of ketones is 2. The summed E-state index contributed by atoms with van der Waals surface area (Å²) < 4.78 is 0. The van der Waals surface area contributed by atoms with Crippen molar-refractivity contribution in [1.82, 2.24) is 0 Å². The summed E-state index contributed by atoms with van der Waals surface area (Å²) >= 11 is 11.2. The van der Waals surface area contributed by atoms with Gasteiger partial charge in [0.05, 0.1) is 22.2 Å². The topological polar surface area (TPSA) is 63.2 Å². The Morgan fingerprint density at radius 2 is 2.00 bits per heavy atom. The highest BCUT2D eigenvalue weighted by Gasteiger charge is 2.29. The second kappa shape index (κ2) is 3.88. The van der Waals surface area contributed by atoms with Crippen molar-refractivity contribution < 1.29 is 14.4 Å². The molecule has 6 heteroatoms. The lowest BCUT2D eigenvalue weighted by molar-refractivity contribution is -0.112. The third-order valence-electron chi connectivity index (χ3n) is 2.23. The van der Waals surface area contributed by atoms with Crippen molar-refractivity contribution in [3.8, 4) is 0 Å². The number of rotatable bonds is 2. The predicted octanol–water partition coefficient (Wildman–Crippen LogP) is 1.90. The van der Waals surface area contributed by atoms with Crippen LogP contribution in [0.1, 0.15) is 20.7 Å². The molecule has 0 aliphatic carbocycles. The highest BCUT2D eigenvalue weighted by molar-refractivity contribution is 6.52. The van der Waals surface area contributed by atoms with E-state index < -0.39 is 11.7 Å². The maximum Gasteiger partial charge on any atom is 0.296 e. The number of nitrogens with one attached hydrogen (secondary N) is 1. The quantitative estimate of drug-likeness (QED) is 0.500. The number of Topliss-reactive ketones (excluding diaryl/α,β-unsaturated/α-hetero) is 2. The largest absolute Gasteiger partial charge is 0.318 e. The molecule has 2 rings (SSSR count). The van der Waals surface area contributed by atoms with Gasteiger partial charge >= 0.3 is 0 Å². The van der Waals surface area contributed by atoms with E-state index in [1.54, 1.807) is 0 Å². The average Bonchev–Trinajstić information content (AvgIpc) is 2.52. The molecule has 16 heavy (non-hydrogen) atoms. The van der Waals surface area contributed by atoms with Gasteiger partial charge in [0.15, 0.2) is 5.78 Å². The average molecular weight is 258 g/mol. The van der Waals surface area contributed by atoms with E-state index in [0.717, 1.165) is 0 Å². The molecule has 1 aliphatic rings. The van der Waals surface area contributed by atoms with Crippen LogP contribution >= 0.6 is 23.2 Å². The van der Waals surface area contributed by atoms with E-state index in [-0.39, 0.29) is 27.8 Å². The van der Waals surface area contributed by atoms with Crippen LogP contribution in [-0.2, 0) is 4.79 Å². The Morgan fingerprint density at radius 1 is 1.31 bits per heavy atom. The number of hydrogen-bond acceptors (Lipinski definition) is 3. The molecule has 0 saturated carbocycles. The monoisotopic (exact) mass is 257 g/mol. The number of hydrogen-bond donors (Lipinski definition) is 1. The van der Waals surface area contributed by atoms with E-state index in [1.807, 2.05) is 0 Å². The van der Waals surface area contributed by atoms with Crippen LogP contribution in [0, 0.1) is 0 Å². The summed E-state index contributed by atoms with van der Waals surface area (Å²) in [6.07, 6.45) is 0. The van der Waals surface area contributed by atoms with Crippen LogP contribution in [0.3, 0.4) is 0 Å². The summed E-state index contributed by atoms with van der Waals surface area (Å²) in [7, 11) is 0. The maximum absolute atomic E-state index is 11.4. The van der Waals surface area contributed by atoms with Gasteiger partial charge in [0.1, 0.15) is 0 Å². The normalized spacial score (nSPS) is 13.6. The van der Waals surface area contributed by atoms with E-state index in [2.05, 4.69) is 5.32 Å². The van der Waals surface area contributed by atoms with Gasteiger partial charge in [0, 0.05) is 5.56 Å². The molecule has 4 nitrogen and oxygen atoms in total. The molecule has 0 fully saturated rings. The second-order valence-electron chi connectivity index (χ2n) is 3.22. The zero-order chi connectivity index (χ0) is 11.9. The minimum absolute atomic E-state index is 0.153. The SMILES string of the molecule is O=C1Nc2cc(Cl)c(C(=O)CCl)cc2C1=O. The first kappa shape index (κ1) is 11.1. The van der Waals surface area contributed by atoms with Crippen LogP contribution in [0.25, 0.3) is 0 Å². The number of halogens is 2. The second-order valence-corrected chi connectivity index (χ2v) is 3.89. The van der Waals surface area contributed by atoms with E-state index in [4.69, 9.17) is 23.2 Å². The van der Waals surface area contributed by atoms with E-state index >= 15 is 0 Å². The fourth-order valence-electron chi connectivity index (χ4n) is 1.45. The highest BCUT2D eigenvalue weighted by atomic mass is 35.5. The third kappa shape index (κ3) is 1.60. The summed E-state index contributed by atoms with van der Waals surface area (Å²) in [5, 5.41) is 2.52. The molecule has 0 atom stereocenters. The number of carbonyl (C=O) groups is 3. The Labute approximate surface area is 101 Å². The summed E-state index contributed by atoms with van der Waals surface area (Å²) in [6, 6.07) is 2.67. The minimum atomic E-state index is -0.721. The fourth-order valence-corrected chi connectivity index (χ4v) is 1.86. The van der Waals surface area contributed by atoms with Crippen LogP contribution in [0.15, 0.2) is 12.1 Å². The van der Waals surface area contributed by atoms with Crippen LogP contribution in [0.4, 0.5) is 5.69 Å². The zero-order valence-electron chi connectivity index (χ0n) is 7.84. The molecule has 1 aromatic rings. The summed E-state index contributed by atoms with van der Waals surface area (Å²) in [5.41, 5.74) is 0.634. The standard InChI is InChI=1S/C10H5Cl2NO3/c11-3-8(14)4-1-5-7(2-6(4)12)13-10(16)9(5)15/h1-2H,3H2,(H,13,15,16). The van der Waals surface area contributed by atoms with Crippen molar-refractivity contribution >= 4 is 46.4 Å². The Hall–Kier alpha value is -1.39. The Bertz CT molecular complexity index is 525. The Balaban J connectivity index is 2.58. The van der Waals surface area contributed by atoms with Crippen molar-refractivity contribution in [2.45, 2.75) is 0 Å². The predicted molar refractivity (Wildman–Crippen MR) is 59.5 cm³/mol. The van der Waals surface area contributed by atoms with Gasteiger partial charge in [0.2, 0.25) is 0 Å². The molecule has 82 valence electrons. The van der Waals surface area contributed by atoms with Crippen LogP contribution in [-0.4, -0.2) is 23.4 Å². The van der Waals surface area contributed by atoms with Crippen molar-refractivity contribution in [2.24, 2.45) is 0 Å². The van der Waals surface area contributed by atoms with Crippen LogP contribution in [0.5, 0.6) is 0 Å². The zero-order valence-corrected chi connectivity index (χ0v) is 9.35. The first-order valence-electron chi connectivity index (χ1n) is 4.33. The molecule has 0 unspecified atom stereocenters. The fraction of sp³-hybridized carbons (Fsp3) is 0.100. The van der Waals surface area contributed by atoms with E-state index in [0.29, 0.717) is 5.69 Å². The molecule has 1 aromatic carbocycles. The van der Waals surface area contributed by atoms with Gasteiger partial charge in [-0.25, -0.2) is 0 Å². The van der Waals surface area contributed by atoms with Crippen molar-refractivity contribution in [2.75, 3.05) is 11.2 Å². The molecule has 1 aliphatic heterocycles. The third-order valence-corrected chi connectivity index (χ3v) is 2.78. The lowest BCUT2D eigenvalue weighted by Crippen LogP contribution is -2.12.